The number of carbonyl (C=O) groups is 2. The molecule has 8 nitrogen and oxygen atoms in total. The molecule has 1 saturated heterocycles. The van der Waals surface area contributed by atoms with E-state index in [0.717, 1.165) is 24.8 Å². The molecule has 0 atom stereocenters. The predicted octanol–water partition coefficient (Wildman–Crippen LogP) is 3.32. The van der Waals surface area contributed by atoms with Crippen molar-refractivity contribution in [2.24, 2.45) is 0 Å². The molecule has 0 unspecified atom stereocenters. The lowest BCUT2D eigenvalue weighted by atomic mass is 10.2. The van der Waals surface area contributed by atoms with Gasteiger partial charge in [-0.15, -0.1) is 0 Å². The van der Waals surface area contributed by atoms with Crippen LogP contribution in [0.5, 0.6) is 0 Å². The summed E-state index contributed by atoms with van der Waals surface area (Å²) in [4.78, 5) is 24.4. The average molecular weight is 445 g/mol. The molecule has 0 bridgehead atoms. The summed E-state index contributed by atoms with van der Waals surface area (Å²) >= 11 is 0. The Hall–Kier alpha value is -2.91. The predicted molar refractivity (Wildman–Crippen MR) is 120 cm³/mol. The number of amides is 3. The van der Waals surface area contributed by atoms with Gasteiger partial charge in [0.05, 0.1) is 4.90 Å². The smallest absolute Gasteiger partial charge is 0.319 e. The Kier molecular flexibility index (Phi) is 7.64. The number of sulfonamides is 1. The van der Waals surface area contributed by atoms with Gasteiger partial charge in [0.2, 0.25) is 15.9 Å². The van der Waals surface area contributed by atoms with E-state index >= 15 is 0 Å². The maximum atomic E-state index is 12.9. The van der Waals surface area contributed by atoms with Crippen LogP contribution in [0.25, 0.3) is 0 Å². The highest BCUT2D eigenvalue weighted by atomic mass is 32.2. The van der Waals surface area contributed by atoms with Crippen LogP contribution in [0.1, 0.15) is 31.2 Å². The number of anilines is 2. The molecule has 166 valence electrons. The number of aryl methyl sites for hydroxylation is 1. The summed E-state index contributed by atoms with van der Waals surface area (Å²) in [5, 5.41) is 8.06. The number of rotatable bonds is 7. The van der Waals surface area contributed by atoms with Gasteiger partial charge in [-0.3, -0.25) is 4.79 Å². The number of carbonyl (C=O) groups excluding carboxylic acids is 2. The van der Waals surface area contributed by atoms with E-state index in [1.54, 1.807) is 31.2 Å². The molecular formula is C22H28N4O4S. The van der Waals surface area contributed by atoms with Gasteiger partial charge in [-0.1, -0.05) is 30.7 Å². The van der Waals surface area contributed by atoms with Crippen LogP contribution in [-0.4, -0.2) is 44.3 Å². The third-order valence-corrected chi connectivity index (χ3v) is 7.00. The molecule has 0 radical (unpaired) electrons. The molecule has 0 saturated carbocycles. The number of benzene rings is 2. The van der Waals surface area contributed by atoms with E-state index in [1.165, 1.54) is 10.4 Å². The number of nitrogens with zero attached hydrogens (tertiary/aromatic N) is 1. The van der Waals surface area contributed by atoms with E-state index in [-0.39, 0.29) is 23.8 Å². The fourth-order valence-electron chi connectivity index (χ4n) is 3.35. The van der Waals surface area contributed by atoms with Gasteiger partial charge in [0.1, 0.15) is 0 Å². The van der Waals surface area contributed by atoms with Crippen molar-refractivity contribution in [1.29, 1.82) is 0 Å². The number of piperidine rings is 1. The third kappa shape index (κ3) is 6.28. The molecule has 31 heavy (non-hydrogen) atoms. The molecule has 1 aliphatic heterocycles. The minimum Gasteiger partial charge on any atom is -0.337 e. The van der Waals surface area contributed by atoms with Gasteiger partial charge in [0.15, 0.2) is 0 Å². The first-order chi connectivity index (χ1) is 14.9. The zero-order chi connectivity index (χ0) is 22.3. The van der Waals surface area contributed by atoms with Crippen molar-refractivity contribution in [2.45, 2.75) is 37.5 Å². The van der Waals surface area contributed by atoms with Crippen LogP contribution in [0.4, 0.5) is 16.2 Å². The van der Waals surface area contributed by atoms with Gasteiger partial charge in [-0.25, -0.2) is 13.2 Å². The van der Waals surface area contributed by atoms with Crippen molar-refractivity contribution in [1.82, 2.24) is 9.62 Å². The maximum absolute atomic E-state index is 12.9. The summed E-state index contributed by atoms with van der Waals surface area (Å²) < 4.78 is 27.3. The Balaban J connectivity index is 1.54. The standard InChI is InChI=1S/C22H28N4O4S/c1-17-10-11-19(31(29,30)26-14-6-3-7-15-26)16-20(17)25-21(27)12-13-23-22(28)24-18-8-4-2-5-9-18/h2,4-5,8-11,16H,3,6-7,12-15H2,1H3,(H,25,27)(H2,23,24,28). The number of para-hydroxylation sites is 1. The number of nitrogens with one attached hydrogen (secondary N) is 3. The molecule has 3 rings (SSSR count). The van der Waals surface area contributed by atoms with E-state index in [2.05, 4.69) is 16.0 Å². The minimum absolute atomic E-state index is 0.0603. The number of urea groups is 1. The lowest BCUT2D eigenvalue weighted by Gasteiger charge is -2.26. The third-order valence-electron chi connectivity index (χ3n) is 5.11. The molecule has 3 amide bonds. The van der Waals surface area contributed by atoms with Crippen molar-refractivity contribution in [3.05, 3.63) is 54.1 Å². The highest BCUT2D eigenvalue weighted by Gasteiger charge is 2.26. The number of hydrogen-bond acceptors (Lipinski definition) is 4. The van der Waals surface area contributed by atoms with E-state index < -0.39 is 16.1 Å². The van der Waals surface area contributed by atoms with Gasteiger partial charge in [-0.05, 0) is 49.6 Å². The molecular weight excluding hydrogens is 416 g/mol. The first-order valence-electron chi connectivity index (χ1n) is 10.4. The van der Waals surface area contributed by atoms with Crippen molar-refractivity contribution in [3.63, 3.8) is 0 Å². The van der Waals surface area contributed by atoms with E-state index in [0.29, 0.717) is 24.5 Å². The second kappa shape index (κ2) is 10.4. The summed E-state index contributed by atoms with van der Waals surface area (Å²) in [7, 11) is -3.58. The fourth-order valence-corrected chi connectivity index (χ4v) is 4.89. The fraction of sp³-hybridized carbons (Fsp3) is 0.364. The normalized spacial score (nSPS) is 14.6. The Morgan fingerprint density at radius 1 is 0.968 bits per heavy atom. The summed E-state index contributed by atoms with van der Waals surface area (Å²) in [6, 6.07) is 13.4. The van der Waals surface area contributed by atoms with Crippen LogP contribution in [0, 0.1) is 6.92 Å². The maximum Gasteiger partial charge on any atom is 0.319 e. The minimum atomic E-state index is -3.58. The van der Waals surface area contributed by atoms with Gasteiger partial charge in [-0.2, -0.15) is 4.31 Å². The van der Waals surface area contributed by atoms with Crippen LogP contribution < -0.4 is 16.0 Å². The monoisotopic (exact) mass is 444 g/mol. The molecule has 0 aliphatic carbocycles. The van der Waals surface area contributed by atoms with Crippen molar-refractivity contribution < 1.29 is 18.0 Å². The first kappa shape index (κ1) is 22.8. The quantitative estimate of drug-likeness (QED) is 0.609. The highest BCUT2D eigenvalue weighted by Crippen LogP contribution is 2.25. The molecule has 1 heterocycles. The van der Waals surface area contributed by atoms with Crippen LogP contribution >= 0.6 is 0 Å². The molecule has 3 N–H and O–H groups in total. The van der Waals surface area contributed by atoms with Crippen LogP contribution in [0.15, 0.2) is 53.4 Å². The van der Waals surface area contributed by atoms with Crippen molar-refractivity contribution in [3.8, 4) is 0 Å². The molecule has 2 aromatic carbocycles. The largest absolute Gasteiger partial charge is 0.337 e. The van der Waals surface area contributed by atoms with E-state index in [4.69, 9.17) is 0 Å². The van der Waals surface area contributed by atoms with Gasteiger partial charge < -0.3 is 16.0 Å². The molecule has 1 aliphatic rings. The Labute approximate surface area is 183 Å². The average Bonchev–Trinajstić information content (AvgIpc) is 2.76. The molecule has 0 spiro atoms. The van der Waals surface area contributed by atoms with Crippen molar-refractivity contribution in [2.75, 3.05) is 30.3 Å². The van der Waals surface area contributed by atoms with Gasteiger partial charge in [0.25, 0.3) is 0 Å². The zero-order valence-electron chi connectivity index (χ0n) is 17.6. The lowest BCUT2D eigenvalue weighted by Crippen LogP contribution is -2.35. The summed E-state index contributed by atoms with van der Waals surface area (Å²) in [5.41, 5.74) is 1.88. The first-order valence-corrected chi connectivity index (χ1v) is 11.8. The summed E-state index contributed by atoms with van der Waals surface area (Å²) in [5.74, 6) is -0.310. The molecule has 0 aromatic heterocycles. The Morgan fingerprint density at radius 2 is 1.68 bits per heavy atom. The van der Waals surface area contributed by atoms with Gasteiger partial charge in [0, 0.05) is 37.4 Å². The second-order valence-electron chi connectivity index (χ2n) is 7.49. The second-order valence-corrected chi connectivity index (χ2v) is 9.42. The molecule has 2 aromatic rings. The Bertz CT molecular complexity index is 1020. The molecule has 1 fully saturated rings. The number of hydrogen-bond donors (Lipinski definition) is 3. The highest BCUT2D eigenvalue weighted by molar-refractivity contribution is 7.89. The zero-order valence-corrected chi connectivity index (χ0v) is 18.4. The summed E-state index contributed by atoms with van der Waals surface area (Å²) in [6.45, 7) is 3.00. The lowest BCUT2D eigenvalue weighted by molar-refractivity contribution is -0.116. The van der Waals surface area contributed by atoms with Crippen LogP contribution in [0.3, 0.4) is 0 Å². The topological polar surface area (TPSA) is 108 Å². The van der Waals surface area contributed by atoms with Crippen LogP contribution in [-0.2, 0) is 14.8 Å². The van der Waals surface area contributed by atoms with E-state index in [1.807, 2.05) is 18.2 Å². The Morgan fingerprint density at radius 3 is 2.39 bits per heavy atom. The SMILES string of the molecule is Cc1ccc(S(=O)(=O)N2CCCCC2)cc1NC(=O)CCNC(=O)Nc1ccccc1. The summed E-state index contributed by atoms with van der Waals surface area (Å²) in [6.07, 6.45) is 2.82. The van der Waals surface area contributed by atoms with Crippen molar-refractivity contribution >= 4 is 33.3 Å². The molecule has 9 heteroatoms. The van der Waals surface area contributed by atoms with Gasteiger partial charge >= 0.3 is 6.03 Å². The van der Waals surface area contributed by atoms with E-state index in [9.17, 15) is 18.0 Å². The van der Waals surface area contributed by atoms with Crippen LogP contribution in [0.2, 0.25) is 0 Å².